The van der Waals surface area contributed by atoms with E-state index in [0.29, 0.717) is 0 Å². The van der Waals surface area contributed by atoms with Crippen molar-refractivity contribution in [2.24, 2.45) is 0 Å². The SMILES string of the molecule is [Zr].[c-]1ccco1. The summed E-state index contributed by atoms with van der Waals surface area (Å²) < 4.78 is 4.46. The molecule has 30 valence electrons. The van der Waals surface area contributed by atoms with Crippen LogP contribution in [0.5, 0.6) is 0 Å². The molecular weight excluding hydrogens is 155 g/mol. The van der Waals surface area contributed by atoms with Crippen molar-refractivity contribution < 1.29 is 30.6 Å². The van der Waals surface area contributed by atoms with Crippen LogP contribution in [0.1, 0.15) is 0 Å². The van der Waals surface area contributed by atoms with Gasteiger partial charge in [0.1, 0.15) is 0 Å². The Balaban J connectivity index is 0.000000250. The first-order valence-corrected chi connectivity index (χ1v) is 1.40. The Bertz CT molecular complexity index is 64.0. The molecule has 1 heterocycles. The quantitative estimate of drug-likeness (QED) is 0.515. The van der Waals surface area contributed by atoms with Crippen LogP contribution < -0.4 is 0 Å². The van der Waals surface area contributed by atoms with Crippen molar-refractivity contribution in [2.75, 3.05) is 0 Å². The Morgan fingerprint density at radius 3 is 2.50 bits per heavy atom. The Kier molecular flexibility index (Phi) is 3.45. The molecule has 0 atom stereocenters. The minimum Gasteiger partial charge on any atom is -0.599 e. The topological polar surface area (TPSA) is 13.1 Å². The second-order valence-corrected chi connectivity index (χ2v) is 0.731. The van der Waals surface area contributed by atoms with E-state index in [4.69, 9.17) is 0 Å². The first kappa shape index (κ1) is 6.16. The smallest absolute Gasteiger partial charge is 0 e. The third-order valence-electron chi connectivity index (χ3n) is 0.379. The molecular formula is C4H3OZr-. The summed E-state index contributed by atoms with van der Waals surface area (Å²) in [5.41, 5.74) is 0. The van der Waals surface area contributed by atoms with Gasteiger partial charge in [0.15, 0.2) is 0 Å². The van der Waals surface area contributed by atoms with E-state index in [-0.39, 0.29) is 26.2 Å². The zero-order valence-corrected chi connectivity index (χ0v) is 5.60. The zero-order chi connectivity index (χ0) is 3.54. The molecule has 0 saturated heterocycles. The summed E-state index contributed by atoms with van der Waals surface area (Å²) >= 11 is 0. The summed E-state index contributed by atoms with van der Waals surface area (Å²) in [5.74, 6) is 0. The van der Waals surface area contributed by atoms with Gasteiger partial charge in [-0.05, 0) is 6.26 Å². The third kappa shape index (κ3) is 1.56. The van der Waals surface area contributed by atoms with Crippen LogP contribution in [0.3, 0.4) is 0 Å². The van der Waals surface area contributed by atoms with Gasteiger partial charge in [-0.2, -0.15) is 6.07 Å². The molecule has 0 aliphatic heterocycles. The van der Waals surface area contributed by atoms with E-state index in [2.05, 4.69) is 10.7 Å². The molecule has 0 saturated carbocycles. The predicted octanol–water partition coefficient (Wildman–Crippen LogP) is 1.08. The maximum atomic E-state index is 4.46. The number of hydrogen-bond donors (Lipinski definition) is 0. The molecule has 0 aromatic carbocycles. The van der Waals surface area contributed by atoms with Crippen LogP contribution in [-0.2, 0) is 26.2 Å². The number of hydrogen-bond acceptors (Lipinski definition) is 1. The fraction of sp³-hybridized carbons (Fsp3) is 0. The van der Waals surface area contributed by atoms with E-state index in [1.54, 1.807) is 18.4 Å². The van der Waals surface area contributed by atoms with Gasteiger partial charge in [-0.15, -0.1) is 6.07 Å². The maximum Gasteiger partial charge on any atom is 0 e. The third-order valence-corrected chi connectivity index (χ3v) is 0.379. The average Bonchev–Trinajstić information content (AvgIpc) is 1.76. The van der Waals surface area contributed by atoms with Crippen LogP contribution >= 0.6 is 0 Å². The maximum absolute atomic E-state index is 4.46. The molecule has 0 spiro atoms. The van der Waals surface area contributed by atoms with Gasteiger partial charge >= 0.3 is 0 Å². The van der Waals surface area contributed by atoms with Gasteiger partial charge in [-0.1, -0.05) is 6.26 Å². The monoisotopic (exact) mass is 157 g/mol. The molecule has 2 heteroatoms. The van der Waals surface area contributed by atoms with Gasteiger partial charge < -0.3 is 4.42 Å². The standard InChI is InChI=1S/C4H3O.Zr/c1-2-4-5-3-1;/h1-3H;/q-1;. The minimum absolute atomic E-state index is 0. The van der Waals surface area contributed by atoms with E-state index in [9.17, 15) is 0 Å². The molecule has 1 aromatic heterocycles. The molecule has 6 heavy (non-hydrogen) atoms. The van der Waals surface area contributed by atoms with Crippen molar-refractivity contribution in [1.82, 2.24) is 0 Å². The largest absolute Gasteiger partial charge is 0.599 e. The molecule has 0 amide bonds. The van der Waals surface area contributed by atoms with Gasteiger partial charge in [0, 0.05) is 26.2 Å². The summed E-state index contributed by atoms with van der Waals surface area (Å²) in [5, 5.41) is 0. The van der Waals surface area contributed by atoms with Crippen LogP contribution in [-0.4, -0.2) is 0 Å². The predicted molar refractivity (Wildman–Crippen MR) is 17.5 cm³/mol. The van der Waals surface area contributed by atoms with Gasteiger partial charge in [0.25, 0.3) is 0 Å². The summed E-state index contributed by atoms with van der Waals surface area (Å²) in [7, 11) is 0. The van der Waals surface area contributed by atoms with Gasteiger partial charge in [0.2, 0.25) is 0 Å². The Hall–Kier alpha value is 0.163. The Morgan fingerprint density at radius 1 is 1.50 bits per heavy atom. The van der Waals surface area contributed by atoms with Crippen LogP contribution in [0.2, 0.25) is 0 Å². The first-order valence-electron chi connectivity index (χ1n) is 1.40. The zero-order valence-electron chi connectivity index (χ0n) is 3.14. The van der Waals surface area contributed by atoms with Crippen molar-refractivity contribution in [2.45, 2.75) is 0 Å². The van der Waals surface area contributed by atoms with Crippen molar-refractivity contribution >= 4 is 0 Å². The molecule has 0 fully saturated rings. The van der Waals surface area contributed by atoms with E-state index in [1.807, 2.05) is 0 Å². The molecule has 1 aromatic rings. The van der Waals surface area contributed by atoms with Gasteiger partial charge in [-0.3, -0.25) is 0 Å². The minimum atomic E-state index is 0. The van der Waals surface area contributed by atoms with Crippen LogP contribution in [0.4, 0.5) is 0 Å². The van der Waals surface area contributed by atoms with Crippen molar-refractivity contribution in [3.8, 4) is 0 Å². The van der Waals surface area contributed by atoms with Crippen LogP contribution in [0, 0.1) is 6.26 Å². The van der Waals surface area contributed by atoms with Crippen LogP contribution in [0.15, 0.2) is 22.8 Å². The summed E-state index contributed by atoms with van der Waals surface area (Å²) in [6.07, 6.45) is 4.06. The van der Waals surface area contributed by atoms with Crippen molar-refractivity contribution in [3.05, 3.63) is 24.7 Å². The van der Waals surface area contributed by atoms with E-state index in [1.165, 1.54) is 0 Å². The summed E-state index contributed by atoms with van der Waals surface area (Å²) in [6, 6.07) is 3.49. The van der Waals surface area contributed by atoms with Gasteiger partial charge in [-0.25, -0.2) is 0 Å². The summed E-state index contributed by atoms with van der Waals surface area (Å²) in [4.78, 5) is 0. The molecule has 0 aliphatic carbocycles. The Labute approximate surface area is 55.5 Å². The summed E-state index contributed by atoms with van der Waals surface area (Å²) in [6.45, 7) is 0. The normalized spacial score (nSPS) is 6.67. The molecule has 0 N–H and O–H groups in total. The van der Waals surface area contributed by atoms with Crippen LogP contribution in [0.25, 0.3) is 0 Å². The molecule has 0 radical (unpaired) electrons. The fourth-order valence-corrected chi connectivity index (χ4v) is 0.196. The van der Waals surface area contributed by atoms with E-state index < -0.39 is 0 Å². The number of rotatable bonds is 0. The fourth-order valence-electron chi connectivity index (χ4n) is 0.196. The second kappa shape index (κ2) is 3.36. The average molecular weight is 158 g/mol. The second-order valence-electron chi connectivity index (χ2n) is 0.731. The number of furan rings is 1. The molecule has 0 aliphatic rings. The Morgan fingerprint density at radius 2 is 2.33 bits per heavy atom. The molecule has 1 nitrogen and oxygen atoms in total. The molecule has 0 unspecified atom stereocenters. The van der Waals surface area contributed by atoms with Gasteiger partial charge in [0.05, 0.1) is 0 Å². The van der Waals surface area contributed by atoms with E-state index in [0.717, 1.165) is 0 Å². The first-order chi connectivity index (χ1) is 2.50. The molecule has 1 rings (SSSR count). The van der Waals surface area contributed by atoms with E-state index >= 15 is 0 Å². The molecule has 0 bridgehead atoms. The van der Waals surface area contributed by atoms with Crippen molar-refractivity contribution in [3.63, 3.8) is 0 Å². The van der Waals surface area contributed by atoms with Crippen molar-refractivity contribution in [1.29, 1.82) is 0 Å².